The normalized spacial score (nSPS) is 16.2. The predicted molar refractivity (Wildman–Crippen MR) is 106 cm³/mol. The van der Waals surface area contributed by atoms with Crippen LogP contribution in [0, 0.1) is 6.92 Å². The maximum Gasteiger partial charge on any atom is 0.231 e. The molecular weight excluding hydrogens is 374 g/mol. The average molecular weight is 391 g/mol. The Kier molecular flexibility index (Phi) is 3.84. The first-order valence-electron chi connectivity index (χ1n) is 8.99. The third-order valence-corrected chi connectivity index (χ3v) is 5.03. The van der Waals surface area contributed by atoms with E-state index < -0.39 is 0 Å². The fourth-order valence-electron chi connectivity index (χ4n) is 3.78. The van der Waals surface area contributed by atoms with Crippen molar-refractivity contribution in [2.24, 2.45) is 5.16 Å². The van der Waals surface area contributed by atoms with Gasteiger partial charge in [-0.2, -0.15) is 0 Å². The van der Waals surface area contributed by atoms with Crippen molar-refractivity contribution in [2.75, 3.05) is 21.0 Å². The Morgan fingerprint density at radius 2 is 1.76 bits per heavy atom. The van der Waals surface area contributed by atoms with Crippen LogP contribution in [0.4, 0.5) is 0 Å². The standard InChI is InChI=1S/C22H17NO6/c1-11-6-16-12(4-5-18(25-2)22(16)29-11)14-7-17(24)13-8-19-20(28-10-27-19)9-15(13)21(14)23-26-3/h4-9H,10H2,1-3H3/b23-21+. The largest absolute Gasteiger partial charge is 0.493 e. The molecule has 7 heteroatoms. The van der Waals surface area contributed by atoms with E-state index in [1.54, 1.807) is 25.3 Å². The summed E-state index contributed by atoms with van der Waals surface area (Å²) in [6, 6.07) is 9.06. The smallest absolute Gasteiger partial charge is 0.231 e. The van der Waals surface area contributed by atoms with E-state index in [0.717, 1.165) is 16.7 Å². The molecule has 7 nitrogen and oxygen atoms in total. The number of aryl methyl sites for hydroxylation is 1. The molecule has 0 saturated heterocycles. The molecule has 2 aromatic carbocycles. The van der Waals surface area contributed by atoms with E-state index in [9.17, 15) is 4.79 Å². The molecule has 0 bridgehead atoms. The number of rotatable bonds is 3. The molecule has 5 rings (SSSR count). The molecule has 0 spiro atoms. The Morgan fingerprint density at radius 3 is 2.48 bits per heavy atom. The molecule has 0 saturated carbocycles. The van der Waals surface area contributed by atoms with E-state index in [1.165, 1.54) is 7.11 Å². The van der Waals surface area contributed by atoms with Crippen LogP contribution in [0.15, 0.2) is 46.0 Å². The van der Waals surface area contributed by atoms with Gasteiger partial charge in [0.2, 0.25) is 6.79 Å². The van der Waals surface area contributed by atoms with Crippen molar-refractivity contribution in [1.82, 2.24) is 0 Å². The van der Waals surface area contributed by atoms with E-state index in [4.69, 9.17) is 23.5 Å². The zero-order valence-electron chi connectivity index (χ0n) is 16.1. The monoisotopic (exact) mass is 391 g/mol. The second-order valence-electron chi connectivity index (χ2n) is 6.71. The van der Waals surface area contributed by atoms with Crippen molar-refractivity contribution in [3.63, 3.8) is 0 Å². The summed E-state index contributed by atoms with van der Waals surface area (Å²) in [5.74, 6) is 2.33. The van der Waals surface area contributed by atoms with Gasteiger partial charge < -0.3 is 23.5 Å². The molecular formula is C22H17NO6. The number of nitrogens with zero attached hydrogens (tertiary/aromatic N) is 1. The molecule has 0 fully saturated rings. The Labute approximate surface area is 166 Å². The van der Waals surface area contributed by atoms with Gasteiger partial charge in [-0.1, -0.05) is 5.16 Å². The predicted octanol–water partition coefficient (Wildman–Crippen LogP) is 4.11. The number of ketones is 1. The highest BCUT2D eigenvalue weighted by molar-refractivity contribution is 6.41. The second-order valence-corrected chi connectivity index (χ2v) is 6.71. The highest BCUT2D eigenvalue weighted by Gasteiger charge is 2.30. The summed E-state index contributed by atoms with van der Waals surface area (Å²) in [4.78, 5) is 18.1. The molecule has 1 aromatic heterocycles. The van der Waals surface area contributed by atoms with E-state index in [2.05, 4.69) is 5.16 Å². The Hall–Kier alpha value is -3.74. The minimum absolute atomic E-state index is 0.122. The van der Waals surface area contributed by atoms with Crippen molar-refractivity contribution in [3.05, 3.63) is 58.9 Å². The van der Waals surface area contributed by atoms with Crippen LogP contribution >= 0.6 is 0 Å². The number of allylic oxidation sites excluding steroid dienone is 2. The van der Waals surface area contributed by atoms with Crippen LogP contribution in [0.1, 0.15) is 27.2 Å². The van der Waals surface area contributed by atoms with Crippen LogP contribution in [0.5, 0.6) is 17.2 Å². The number of furan rings is 1. The SMILES string of the molecule is CO/N=C1\C(c2ccc(OC)c3oc(C)cc23)=CC(=O)c2cc3c(cc21)OCO3. The minimum atomic E-state index is -0.146. The summed E-state index contributed by atoms with van der Waals surface area (Å²) in [7, 11) is 3.06. The number of fused-ring (bicyclic) bond motifs is 3. The number of carbonyl (C=O) groups is 1. The van der Waals surface area contributed by atoms with Gasteiger partial charge in [-0.25, -0.2) is 0 Å². The first-order chi connectivity index (χ1) is 14.1. The summed E-state index contributed by atoms with van der Waals surface area (Å²) in [5, 5.41) is 5.06. The maximum absolute atomic E-state index is 13.0. The number of methoxy groups -OCH3 is 1. The van der Waals surface area contributed by atoms with Crippen molar-refractivity contribution in [2.45, 2.75) is 6.92 Å². The van der Waals surface area contributed by atoms with Gasteiger partial charge in [-0.15, -0.1) is 0 Å². The fourth-order valence-corrected chi connectivity index (χ4v) is 3.78. The van der Waals surface area contributed by atoms with Gasteiger partial charge in [0, 0.05) is 22.1 Å². The van der Waals surface area contributed by atoms with Gasteiger partial charge in [0.25, 0.3) is 0 Å². The van der Waals surface area contributed by atoms with Gasteiger partial charge in [0.15, 0.2) is 28.6 Å². The maximum atomic E-state index is 13.0. The average Bonchev–Trinajstić information content (AvgIpc) is 3.33. The lowest BCUT2D eigenvalue weighted by atomic mass is 9.84. The molecule has 0 radical (unpaired) electrons. The Bertz CT molecular complexity index is 1230. The number of oxime groups is 1. The van der Waals surface area contributed by atoms with Crippen molar-refractivity contribution in [3.8, 4) is 17.2 Å². The van der Waals surface area contributed by atoms with Crippen LogP contribution in [0.2, 0.25) is 0 Å². The number of carbonyl (C=O) groups excluding carboxylic acids is 1. The molecule has 0 atom stereocenters. The molecule has 0 N–H and O–H groups in total. The summed E-state index contributed by atoms with van der Waals surface area (Å²) >= 11 is 0. The van der Waals surface area contributed by atoms with Crippen LogP contribution in [-0.2, 0) is 4.84 Å². The molecule has 2 heterocycles. The molecule has 146 valence electrons. The zero-order chi connectivity index (χ0) is 20.1. The number of hydrogen-bond acceptors (Lipinski definition) is 7. The quantitative estimate of drug-likeness (QED) is 0.625. The van der Waals surface area contributed by atoms with Gasteiger partial charge in [-0.3, -0.25) is 4.79 Å². The third kappa shape index (κ3) is 2.58. The van der Waals surface area contributed by atoms with Crippen LogP contribution < -0.4 is 14.2 Å². The lowest BCUT2D eigenvalue weighted by Crippen LogP contribution is -2.17. The summed E-state index contributed by atoms with van der Waals surface area (Å²) in [6.45, 7) is 1.99. The van der Waals surface area contributed by atoms with Gasteiger partial charge >= 0.3 is 0 Å². The molecule has 2 aliphatic rings. The summed E-state index contributed by atoms with van der Waals surface area (Å²) in [6.07, 6.45) is 1.56. The lowest BCUT2D eigenvalue weighted by molar-refractivity contribution is 0.104. The fraction of sp³-hybridized carbons (Fsp3) is 0.182. The van der Waals surface area contributed by atoms with E-state index in [1.807, 2.05) is 25.1 Å². The first kappa shape index (κ1) is 17.4. The topological polar surface area (TPSA) is 79.5 Å². The van der Waals surface area contributed by atoms with Gasteiger partial charge in [-0.05, 0) is 48.9 Å². The highest BCUT2D eigenvalue weighted by atomic mass is 16.7. The molecule has 1 aliphatic carbocycles. The molecule has 0 unspecified atom stereocenters. The molecule has 3 aromatic rings. The van der Waals surface area contributed by atoms with E-state index in [0.29, 0.717) is 45.2 Å². The van der Waals surface area contributed by atoms with Crippen molar-refractivity contribution < 1.29 is 28.3 Å². The lowest BCUT2D eigenvalue weighted by Gasteiger charge is -2.19. The van der Waals surface area contributed by atoms with E-state index >= 15 is 0 Å². The Morgan fingerprint density at radius 1 is 1.00 bits per heavy atom. The minimum Gasteiger partial charge on any atom is -0.493 e. The number of benzene rings is 2. The summed E-state index contributed by atoms with van der Waals surface area (Å²) < 4.78 is 22.2. The van der Waals surface area contributed by atoms with E-state index in [-0.39, 0.29) is 12.6 Å². The molecule has 0 amide bonds. The van der Waals surface area contributed by atoms with Gasteiger partial charge in [0.05, 0.1) is 7.11 Å². The van der Waals surface area contributed by atoms with Crippen LogP contribution in [0.3, 0.4) is 0 Å². The Balaban J connectivity index is 1.75. The molecule has 1 aliphatic heterocycles. The van der Waals surface area contributed by atoms with Crippen LogP contribution in [-0.4, -0.2) is 32.5 Å². The van der Waals surface area contributed by atoms with Gasteiger partial charge in [0.1, 0.15) is 18.6 Å². The van der Waals surface area contributed by atoms with Crippen molar-refractivity contribution >= 4 is 28.0 Å². The number of ether oxygens (including phenoxy) is 3. The number of hydrogen-bond donors (Lipinski definition) is 0. The second kappa shape index (κ2) is 6.41. The zero-order valence-corrected chi connectivity index (χ0v) is 16.1. The van der Waals surface area contributed by atoms with Crippen molar-refractivity contribution in [1.29, 1.82) is 0 Å². The summed E-state index contributed by atoms with van der Waals surface area (Å²) in [5.41, 5.74) is 3.70. The molecule has 29 heavy (non-hydrogen) atoms. The third-order valence-electron chi connectivity index (χ3n) is 5.03. The van der Waals surface area contributed by atoms with Crippen LogP contribution in [0.25, 0.3) is 16.5 Å². The highest BCUT2D eigenvalue weighted by Crippen LogP contribution is 2.41. The first-order valence-corrected chi connectivity index (χ1v) is 8.99.